The molecule has 1 aliphatic carbocycles. The maximum absolute atomic E-state index is 12.7. The van der Waals surface area contributed by atoms with E-state index < -0.39 is 5.97 Å². The molecule has 2 amide bonds. The van der Waals surface area contributed by atoms with Gasteiger partial charge >= 0.3 is 12.0 Å². The third kappa shape index (κ3) is 4.60. The van der Waals surface area contributed by atoms with Gasteiger partial charge in [-0.3, -0.25) is 0 Å². The number of aromatic nitrogens is 1. The smallest absolute Gasteiger partial charge is 0.357 e. The maximum atomic E-state index is 12.7. The highest BCUT2D eigenvalue weighted by Crippen LogP contribution is 2.29. The summed E-state index contributed by atoms with van der Waals surface area (Å²) in [5.41, 5.74) is 2.32. The number of nitrogens with one attached hydrogen (secondary N) is 1. The molecule has 1 aromatic carbocycles. The van der Waals surface area contributed by atoms with E-state index in [9.17, 15) is 9.59 Å². The zero-order valence-electron chi connectivity index (χ0n) is 15.0. The van der Waals surface area contributed by atoms with Gasteiger partial charge in [0.2, 0.25) is 0 Å². The van der Waals surface area contributed by atoms with E-state index in [4.69, 9.17) is 4.74 Å². The topological polar surface area (TPSA) is 71.5 Å². The molecular weight excluding hydrogens is 350 g/mol. The Hall–Kier alpha value is -2.41. The fourth-order valence-corrected chi connectivity index (χ4v) is 3.36. The quantitative estimate of drug-likeness (QED) is 0.743. The molecule has 1 aliphatic rings. The van der Waals surface area contributed by atoms with E-state index in [1.54, 1.807) is 17.2 Å². The predicted molar refractivity (Wildman–Crippen MR) is 101 cm³/mol. The van der Waals surface area contributed by atoms with Gasteiger partial charge in [-0.15, -0.1) is 11.3 Å². The van der Waals surface area contributed by atoms with Crippen molar-refractivity contribution in [1.82, 2.24) is 9.88 Å². The van der Waals surface area contributed by atoms with Crippen molar-refractivity contribution in [3.05, 3.63) is 45.9 Å². The minimum atomic E-state index is -0.423. The molecule has 0 unspecified atom stereocenters. The summed E-state index contributed by atoms with van der Waals surface area (Å²) >= 11 is 1.37. The van der Waals surface area contributed by atoms with Crippen molar-refractivity contribution in [1.29, 1.82) is 0 Å². The van der Waals surface area contributed by atoms with E-state index in [2.05, 4.69) is 17.2 Å². The minimum Gasteiger partial charge on any atom is -0.461 e. The lowest BCUT2D eigenvalue weighted by atomic mass is 10.1. The minimum absolute atomic E-state index is 0.135. The van der Waals surface area contributed by atoms with Crippen LogP contribution in [0, 0.1) is 0 Å². The lowest BCUT2D eigenvalue weighted by Gasteiger charge is -2.21. The lowest BCUT2D eigenvalue weighted by molar-refractivity contribution is 0.0520. The molecule has 2 aromatic rings. The number of thiazole rings is 1. The molecule has 0 bridgehead atoms. The first kappa shape index (κ1) is 18.4. The molecule has 1 N–H and O–H groups in total. The monoisotopic (exact) mass is 373 g/mol. The second-order valence-corrected chi connectivity index (χ2v) is 7.13. The summed E-state index contributed by atoms with van der Waals surface area (Å²) < 4.78 is 4.96. The highest BCUT2D eigenvalue weighted by atomic mass is 32.1. The maximum Gasteiger partial charge on any atom is 0.357 e. The van der Waals surface area contributed by atoms with Crippen LogP contribution in [0.4, 0.5) is 10.5 Å². The number of carbonyl (C=O) groups excluding carboxylic acids is 2. The Labute approximate surface area is 157 Å². The lowest BCUT2D eigenvalue weighted by Crippen LogP contribution is -2.36. The molecular formula is C19H23N3O3S. The Kier molecular flexibility index (Phi) is 5.88. The number of anilines is 1. The number of hydrogen-bond acceptors (Lipinski definition) is 5. The second kappa shape index (κ2) is 8.31. The molecule has 0 saturated heterocycles. The second-order valence-electron chi connectivity index (χ2n) is 6.19. The molecule has 1 heterocycles. The number of amides is 2. The van der Waals surface area contributed by atoms with Crippen molar-refractivity contribution >= 4 is 29.0 Å². The third-order valence-corrected chi connectivity index (χ3v) is 5.04. The van der Waals surface area contributed by atoms with Gasteiger partial charge in [0.1, 0.15) is 5.01 Å². The molecule has 0 atom stereocenters. The Morgan fingerprint density at radius 3 is 2.62 bits per heavy atom. The van der Waals surface area contributed by atoms with Crippen LogP contribution in [0.15, 0.2) is 29.6 Å². The highest BCUT2D eigenvalue weighted by molar-refractivity contribution is 7.09. The van der Waals surface area contributed by atoms with E-state index in [0.29, 0.717) is 18.8 Å². The number of rotatable bonds is 7. The average molecular weight is 373 g/mol. The van der Waals surface area contributed by atoms with E-state index >= 15 is 0 Å². The van der Waals surface area contributed by atoms with Crippen LogP contribution in [-0.2, 0) is 17.7 Å². The number of esters is 1. The fourth-order valence-electron chi connectivity index (χ4n) is 2.60. The fraction of sp³-hybridized carbons (Fsp3) is 0.421. The predicted octanol–water partition coefficient (Wildman–Crippen LogP) is 4.08. The van der Waals surface area contributed by atoms with Crippen LogP contribution < -0.4 is 5.32 Å². The summed E-state index contributed by atoms with van der Waals surface area (Å²) in [5.74, 6) is -0.423. The van der Waals surface area contributed by atoms with Gasteiger partial charge in [-0.05, 0) is 43.9 Å². The molecule has 1 fully saturated rings. The molecule has 3 rings (SSSR count). The van der Waals surface area contributed by atoms with Crippen molar-refractivity contribution in [2.75, 3.05) is 11.9 Å². The molecule has 1 aromatic heterocycles. The van der Waals surface area contributed by atoms with Crippen LogP contribution in [0.25, 0.3) is 0 Å². The summed E-state index contributed by atoms with van der Waals surface area (Å²) in [6, 6.07) is 7.98. The van der Waals surface area contributed by atoms with Gasteiger partial charge in [0.15, 0.2) is 5.69 Å². The first-order valence-corrected chi connectivity index (χ1v) is 9.76. The summed E-state index contributed by atoms with van der Waals surface area (Å²) in [7, 11) is 0. The summed E-state index contributed by atoms with van der Waals surface area (Å²) in [6.07, 6.45) is 2.96. The number of ether oxygens (including phenoxy) is 1. The zero-order valence-corrected chi connectivity index (χ0v) is 15.8. The van der Waals surface area contributed by atoms with Crippen LogP contribution in [0.5, 0.6) is 0 Å². The van der Waals surface area contributed by atoms with Crippen molar-refractivity contribution in [2.45, 2.75) is 45.7 Å². The number of hydrogen-bond donors (Lipinski definition) is 1. The number of carbonyl (C=O) groups is 2. The number of nitrogens with zero attached hydrogens (tertiary/aromatic N) is 2. The van der Waals surface area contributed by atoms with Crippen LogP contribution in [0.2, 0.25) is 0 Å². The van der Waals surface area contributed by atoms with E-state index in [1.807, 2.05) is 24.3 Å². The highest BCUT2D eigenvalue weighted by Gasteiger charge is 2.33. The van der Waals surface area contributed by atoms with Gasteiger partial charge in [-0.1, -0.05) is 19.1 Å². The average Bonchev–Trinajstić information content (AvgIpc) is 3.38. The summed E-state index contributed by atoms with van der Waals surface area (Å²) in [6.45, 7) is 4.57. The number of urea groups is 1. The first-order valence-electron chi connectivity index (χ1n) is 8.88. The Bertz CT molecular complexity index is 769. The van der Waals surface area contributed by atoms with E-state index in [0.717, 1.165) is 30.0 Å². The largest absolute Gasteiger partial charge is 0.461 e. The van der Waals surface area contributed by atoms with Gasteiger partial charge in [-0.2, -0.15) is 0 Å². The molecule has 6 nitrogen and oxygen atoms in total. The number of aryl methyl sites for hydroxylation is 1. The van der Waals surface area contributed by atoms with Crippen molar-refractivity contribution in [3.8, 4) is 0 Å². The molecule has 0 spiro atoms. The van der Waals surface area contributed by atoms with Gasteiger partial charge in [0.25, 0.3) is 0 Å². The van der Waals surface area contributed by atoms with Crippen molar-refractivity contribution in [2.24, 2.45) is 0 Å². The molecule has 7 heteroatoms. The third-order valence-electron chi connectivity index (χ3n) is 4.20. The zero-order chi connectivity index (χ0) is 18.5. The van der Waals surface area contributed by atoms with Crippen LogP contribution in [-0.4, -0.2) is 34.5 Å². The van der Waals surface area contributed by atoms with Gasteiger partial charge < -0.3 is 15.0 Å². The van der Waals surface area contributed by atoms with Crippen molar-refractivity contribution in [3.63, 3.8) is 0 Å². The number of benzene rings is 1. The Morgan fingerprint density at radius 2 is 2.00 bits per heavy atom. The van der Waals surface area contributed by atoms with Gasteiger partial charge in [-0.25, -0.2) is 14.6 Å². The summed E-state index contributed by atoms with van der Waals surface area (Å²) in [5, 5.41) is 5.37. The summed E-state index contributed by atoms with van der Waals surface area (Å²) in [4.78, 5) is 30.5. The molecule has 138 valence electrons. The van der Waals surface area contributed by atoms with Gasteiger partial charge in [0, 0.05) is 17.1 Å². The molecule has 0 aliphatic heterocycles. The van der Waals surface area contributed by atoms with Crippen molar-refractivity contribution < 1.29 is 14.3 Å². The SMILES string of the molecule is CCOC(=O)c1csc(CN(C(=O)Nc2ccc(CC)cc2)C2CC2)n1. The first-order chi connectivity index (χ1) is 12.6. The standard InChI is InChI=1S/C19H23N3O3S/c1-3-13-5-7-14(8-6-13)20-19(24)22(15-9-10-15)11-17-21-16(12-26-17)18(23)25-4-2/h5-8,12,15H,3-4,9-11H2,1-2H3,(H,20,24). The molecule has 1 saturated carbocycles. The van der Waals surface area contributed by atoms with Crippen LogP contribution in [0.1, 0.15) is 47.7 Å². The van der Waals surface area contributed by atoms with Gasteiger partial charge in [0.05, 0.1) is 13.2 Å². The van der Waals surface area contributed by atoms with Crippen LogP contribution >= 0.6 is 11.3 Å². The molecule has 26 heavy (non-hydrogen) atoms. The molecule has 0 radical (unpaired) electrons. The Morgan fingerprint density at radius 1 is 1.27 bits per heavy atom. The van der Waals surface area contributed by atoms with E-state index in [1.165, 1.54) is 16.9 Å². The Balaban J connectivity index is 1.65. The van der Waals surface area contributed by atoms with Crippen LogP contribution in [0.3, 0.4) is 0 Å². The van der Waals surface area contributed by atoms with E-state index in [-0.39, 0.29) is 12.1 Å². The normalized spacial score (nSPS) is 13.3.